The molecule has 1 aliphatic heterocycles. The van der Waals surface area contributed by atoms with Crippen LogP contribution in [0.15, 0.2) is 35.6 Å². The normalized spacial score (nSPS) is 16.4. The highest BCUT2D eigenvalue weighted by Crippen LogP contribution is 2.31. The Labute approximate surface area is 181 Å². The van der Waals surface area contributed by atoms with E-state index in [9.17, 15) is 9.18 Å². The summed E-state index contributed by atoms with van der Waals surface area (Å²) in [6.07, 6.45) is 3.99. The van der Waals surface area contributed by atoms with Gasteiger partial charge in [0.1, 0.15) is 35.5 Å². The van der Waals surface area contributed by atoms with Gasteiger partial charge in [-0.2, -0.15) is 5.10 Å². The number of hydrogen-bond donors (Lipinski definition) is 0. The predicted molar refractivity (Wildman–Crippen MR) is 114 cm³/mol. The third kappa shape index (κ3) is 3.32. The van der Waals surface area contributed by atoms with Crippen molar-refractivity contribution in [2.24, 2.45) is 7.05 Å². The molecule has 1 aliphatic rings. The SMILES string of the molecule is Cc1nc2c(-c3ccc(Cl)cc3F)nc(N3CCC(n4cncn4)C3)nc2c(=O)n1C. The highest BCUT2D eigenvalue weighted by Gasteiger charge is 2.28. The lowest BCUT2D eigenvalue weighted by molar-refractivity contribution is 0.493. The number of fused-ring (bicyclic) bond motifs is 1. The van der Waals surface area contributed by atoms with Gasteiger partial charge in [-0.15, -0.1) is 0 Å². The molecule has 3 aromatic heterocycles. The Bertz CT molecular complexity index is 1350. The van der Waals surface area contributed by atoms with Crippen LogP contribution in [0.25, 0.3) is 22.3 Å². The van der Waals surface area contributed by atoms with Crippen LogP contribution in [0.4, 0.5) is 10.3 Å². The molecule has 158 valence electrons. The van der Waals surface area contributed by atoms with E-state index in [1.807, 2.05) is 4.90 Å². The topological polar surface area (TPSA) is 94.6 Å². The average molecular weight is 441 g/mol. The number of aryl methyl sites for hydroxylation is 1. The summed E-state index contributed by atoms with van der Waals surface area (Å²) >= 11 is 5.93. The summed E-state index contributed by atoms with van der Waals surface area (Å²) in [6, 6.07) is 4.45. The molecule has 0 amide bonds. The van der Waals surface area contributed by atoms with Crippen molar-refractivity contribution >= 4 is 28.6 Å². The van der Waals surface area contributed by atoms with E-state index in [0.29, 0.717) is 24.9 Å². The molecule has 1 atom stereocenters. The summed E-state index contributed by atoms with van der Waals surface area (Å²) in [4.78, 5) is 32.6. The fourth-order valence-electron chi connectivity index (χ4n) is 3.80. The molecule has 31 heavy (non-hydrogen) atoms. The monoisotopic (exact) mass is 440 g/mol. The Morgan fingerprint density at radius 1 is 1.19 bits per heavy atom. The van der Waals surface area contributed by atoms with Gasteiger partial charge < -0.3 is 4.90 Å². The van der Waals surface area contributed by atoms with Gasteiger partial charge in [0.05, 0.1) is 6.04 Å². The van der Waals surface area contributed by atoms with Crippen molar-refractivity contribution in [3.63, 3.8) is 0 Å². The molecule has 5 rings (SSSR count). The zero-order valence-corrected chi connectivity index (χ0v) is 17.6. The molecule has 1 fully saturated rings. The van der Waals surface area contributed by atoms with Crippen LogP contribution in [0.1, 0.15) is 18.3 Å². The van der Waals surface area contributed by atoms with Crippen molar-refractivity contribution < 1.29 is 4.39 Å². The molecule has 0 bridgehead atoms. The molecular weight excluding hydrogens is 423 g/mol. The van der Waals surface area contributed by atoms with Crippen molar-refractivity contribution in [2.45, 2.75) is 19.4 Å². The van der Waals surface area contributed by atoms with E-state index in [0.717, 1.165) is 6.42 Å². The number of benzene rings is 1. The van der Waals surface area contributed by atoms with Crippen molar-refractivity contribution in [3.05, 3.63) is 57.9 Å². The molecule has 0 saturated carbocycles. The van der Waals surface area contributed by atoms with Crippen molar-refractivity contribution in [1.29, 1.82) is 0 Å². The van der Waals surface area contributed by atoms with Gasteiger partial charge in [-0.25, -0.2) is 29.0 Å². The van der Waals surface area contributed by atoms with E-state index in [2.05, 4.69) is 25.0 Å². The Morgan fingerprint density at radius 3 is 2.77 bits per heavy atom. The fraction of sp³-hybridized carbons (Fsp3) is 0.300. The van der Waals surface area contributed by atoms with Gasteiger partial charge >= 0.3 is 0 Å². The smallest absolute Gasteiger partial charge is 0.279 e. The largest absolute Gasteiger partial charge is 0.339 e. The maximum absolute atomic E-state index is 14.8. The maximum Gasteiger partial charge on any atom is 0.279 e. The lowest BCUT2D eigenvalue weighted by atomic mass is 10.1. The summed E-state index contributed by atoms with van der Waals surface area (Å²) < 4.78 is 18.0. The highest BCUT2D eigenvalue weighted by atomic mass is 35.5. The first-order chi connectivity index (χ1) is 14.9. The minimum atomic E-state index is -0.541. The molecule has 11 heteroatoms. The van der Waals surface area contributed by atoms with E-state index in [1.165, 1.54) is 17.0 Å². The standard InChI is InChI=1S/C20H18ClFN8O/c1-11-25-17-16(14-4-3-12(21)7-15(14)22)26-20(27-18(17)19(31)28(11)2)29-6-5-13(8-29)30-10-23-9-24-30/h3-4,7,9-10,13H,5-6,8H2,1-2H3. The Kier molecular flexibility index (Phi) is 4.66. The second-order valence-corrected chi connectivity index (χ2v) is 7.92. The third-order valence-corrected chi connectivity index (χ3v) is 5.82. The zero-order chi connectivity index (χ0) is 21.7. The van der Waals surface area contributed by atoms with Crippen LogP contribution < -0.4 is 10.5 Å². The van der Waals surface area contributed by atoms with Crippen LogP contribution in [0.5, 0.6) is 0 Å². The summed E-state index contributed by atoms with van der Waals surface area (Å²) in [6.45, 7) is 2.97. The van der Waals surface area contributed by atoms with E-state index < -0.39 is 5.82 Å². The predicted octanol–water partition coefficient (Wildman–Crippen LogP) is 2.53. The van der Waals surface area contributed by atoms with E-state index >= 15 is 0 Å². The van der Waals surface area contributed by atoms with Gasteiger partial charge in [0.15, 0.2) is 5.52 Å². The molecule has 1 saturated heterocycles. The van der Waals surface area contributed by atoms with Crippen LogP contribution in [-0.2, 0) is 7.05 Å². The second kappa shape index (κ2) is 7.38. The quantitative estimate of drug-likeness (QED) is 0.483. The van der Waals surface area contributed by atoms with Crippen LogP contribution in [-0.4, -0.2) is 47.4 Å². The Balaban J connectivity index is 1.69. The Hall–Kier alpha value is -3.40. The molecule has 4 aromatic rings. The van der Waals surface area contributed by atoms with Gasteiger partial charge in [0.2, 0.25) is 5.95 Å². The molecule has 0 aliphatic carbocycles. The summed E-state index contributed by atoms with van der Waals surface area (Å²) in [7, 11) is 1.63. The second-order valence-electron chi connectivity index (χ2n) is 7.48. The van der Waals surface area contributed by atoms with Crippen LogP contribution in [0.2, 0.25) is 5.02 Å². The number of rotatable bonds is 3. The first kappa shape index (κ1) is 19.6. The fourth-order valence-corrected chi connectivity index (χ4v) is 3.96. The molecule has 4 heterocycles. The lowest BCUT2D eigenvalue weighted by Crippen LogP contribution is -2.26. The number of nitrogens with zero attached hydrogens (tertiary/aromatic N) is 8. The summed E-state index contributed by atoms with van der Waals surface area (Å²) in [5.41, 5.74) is 0.572. The van der Waals surface area contributed by atoms with Gasteiger partial charge in [-0.1, -0.05) is 11.6 Å². The first-order valence-electron chi connectivity index (χ1n) is 9.72. The molecule has 1 aromatic carbocycles. The minimum absolute atomic E-state index is 0.108. The summed E-state index contributed by atoms with van der Waals surface area (Å²) in [5.74, 6) is 0.291. The number of hydrogen-bond acceptors (Lipinski definition) is 7. The molecule has 0 N–H and O–H groups in total. The van der Waals surface area contributed by atoms with Crippen LogP contribution in [0, 0.1) is 12.7 Å². The van der Waals surface area contributed by atoms with Crippen molar-refractivity contribution in [1.82, 2.24) is 34.3 Å². The first-order valence-corrected chi connectivity index (χ1v) is 10.1. The zero-order valence-electron chi connectivity index (χ0n) is 16.8. The molecular formula is C20H18ClFN8O. The van der Waals surface area contributed by atoms with Gasteiger partial charge in [-0.05, 0) is 31.5 Å². The molecule has 1 unspecified atom stereocenters. The highest BCUT2D eigenvalue weighted by molar-refractivity contribution is 6.30. The van der Waals surface area contributed by atoms with E-state index in [4.69, 9.17) is 11.6 Å². The van der Waals surface area contributed by atoms with Crippen LogP contribution in [0.3, 0.4) is 0 Å². The third-order valence-electron chi connectivity index (χ3n) is 5.58. The van der Waals surface area contributed by atoms with Gasteiger partial charge in [0, 0.05) is 30.7 Å². The molecule has 0 spiro atoms. The number of aromatic nitrogens is 7. The molecule has 9 nitrogen and oxygen atoms in total. The van der Waals surface area contributed by atoms with E-state index in [-0.39, 0.29) is 38.9 Å². The van der Waals surface area contributed by atoms with Gasteiger partial charge in [-0.3, -0.25) is 9.36 Å². The maximum atomic E-state index is 14.8. The van der Waals surface area contributed by atoms with Crippen molar-refractivity contribution in [3.8, 4) is 11.3 Å². The Morgan fingerprint density at radius 2 is 2.03 bits per heavy atom. The lowest BCUT2D eigenvalue weighted by Gasteiger charge is -2.18. The number of anilines is 1. The summed E-state index contributed by atoms with van der Waals surface area (Å²) in [5, 5.41) is 4.48. The minimum Gasteiger partial charge on any atom is -0.339 e. The van der Waals surface area contributed by atoms with Crippen molar-refractivity contribution in [2.75, 3.05) is 18.0 Å². The van der Waals surface area contributed by atoms with Crippen LogP contribution >= 0.6 is 11.6 Å². The molecule has 0 radical (unpaired) electrons. The number of halogens is 2. The van der Waals surface area contributed by atoms with E-state index in [1.54, 1.807) is 37.1 Å². The average Bonchev–Trinajstić information content (AvgIpc) is 3.44. The van der Waals surface area contributed by atoms with Gasteiger partial charge in [0.25, 0.3) is 5.56 Å².